The second-order valence-corrected chi connectivity index (χ2v) is 9.32. The SMILES string of the molecule is CC(=O)[C@H](CCN(CCCCc1ccc2c(n1)NCCC2)CCOCC(F)F)Nc1c(C#N)[nH]cc[n+]1=O. The number of unbranched alkanes of at least 4 members (excludes halogenated alkanes) is 1. The van der Waals surface area contributed by atoms with Crippen LogP contribution >= 0.6 is 0 Å². The molecule has 0 fully saturated rings. The van der Waals surface area contributed by atoms with Gasteiger partial charge in [0.05, 0.1) is 6.61 Å². The molecule has 1 atom stereocenters. The van der Waals surface area contributed by atoms with E-state index in [0.29, 0.717) is 30.5 Å². The summed E-state index contributed by atoms with van der Waals surface area (Å²) < 4.78 is 30.5. The Balaban J connectivity index is 1.55. The highest BCUT2D eigenvalue weighted by Crippen LogP contribution is 2.20. The number of fused-ring (bicyclic) bond motifs is 1. The summed E-state index contributed by atoms with van der Waals surface area (Å²) in [5.74, 6) is 0.775. The number of anilines is 2. The number of ether oxygens (including phenoxy) is 1. The lowest BCUT2D eigenvalue weighted by molar-refractivity contribution is -0.479. The van der Waals surface area contributed by atoms with Crippen molar-refractivity contribution in [1.29, 1.82) is 5.26 Å². The number of aryl methyl sites for hydroxylation is 2. The molecule has 0 aliphatic carbocycles. The first-order valence-electron chi connectivity index (χ1n) is 13.0. The largest absolute Gasteiger partial charge is 0.374 e. The van der Waals surface area contributed by atoms with Crippen LogP contribution in [0.2, 0.25) is 0 Å². The van der Waals surface area contributed by atoms with Crippen LogP contribution in [0, 0.1) is 16.2 Å². The predicted octanol–water partition coefficient (Wildman–Crippen LogP) is 2.92. The highest BCUT2D eigenvalue weighted by Gasteiger charge is 2.25. The molecule has 1 aliphatic rings. The first kappa shape index (κ1) is 29.1. The number of aromatic nitrogens is 3. The second kappa shape index (κ2) is 15.1. The van der Waals surface area contributed by atoms with E-state index in [1.54, 1.807) is 0 Å². The molecule has 12 heteroatoms. The lowest BCUT2D eigenvalue weighted by atomic mass is 10.1. The van der Waals surface area contributed by atoms with Gasteiger partial charge in [-0.25, -0.2) is 13.8 Å². The van der Waals surface area contributed by atoms with Gasteiger partial charge in [-0.1, -0.05) is 11.0 Å². The Kier molecular flexibility index (Phi) is 11.6. The van der Waals surface area contributed by atoms with Crippen LogP contribution in [0.1, 0.15) is 49.6 Å². The molecule has 3 N–H and O–H groups in total. The standard InChI is InChI=1S/C26H36F2N7O3/c1-19(36)22(33-26-23(17-29)30-11-14-35(26)37)9-13-34(15-16-38-18-24(27)28)12-3-2-6-21-8-7-20-5-4-10-31-25(20)32-21/h7-8,11,14,22,24,33H,2-6,9-10,12-13,15-16,18H2,1H3,(H,30,37)(H,31,32)/q+1/t22-/m0/s1. The van der Waals surface area contributed by atoms with Gasteiger partial charge < -0.3 is 19.9 Å². The van der Waals surface area contributed by atoms with E-state index < -0.39 is 19.1 Å². The van der Waals surface area contributed by atoms with E-state index in [1.165, 1.54) is 24.9 Å². The number of carbonyl (C=O) groups excluding carboxylic acids is 1. The van der Waals surface area contributed by atoms with Gasteiger partial charge in [-0.05, 0) is 57.2 Å². The van der Waals surface area contributed by atoms with E-state index in [0.717, 1.165) is 50.2 Å². The lowest BCUT2D eigenvalue weighted by Gasteiger charge is -2.23. The molecule has 0 amide bonds. The molecule has 10 nitrogen and oxygen atoms in total. The zero-order valence-electron chi connectivity index (χ0n) is 21.7. The minimum absolute atomic E-state index is 0.0194. The van der Waals surface area contributed by atoms with Gasteiger partial charge in [-0.3, -0.25) is 10.1 Å². The van der Waals surface area contributed by atoms with Crippen LogP contribution in [0.15, 0.2) is 24.5 Å². The molecule has 206 valence electrons. The number of alkyl halides is 2. The second-order valence-electron chi connectivity index (χ2n) is 9.32. The number of nitrogens with one attached hydrogen (secondary N) is 3. The Labute approximate surface area is 221 Å². The minimum atomic E-state index is -2.52. The van der Waals surface area contributed by atoms with Crippen molar-refractivity contribution >= 4 is 17.4 Å². The number of ketones is 1. The molecular formula is C26H36F2N7O3+. The molecule has 0 spiro atoms. The average molecular weight is 533 g/mol. The molecule has 0 unspecified atom stereocenters. The molecule has 0 radical (unpaired) electrons. The smallest absolute Gasteiger partial charge is 0.354 e. The fraction of sp³-hybridized carbons (Fsp3) is 0.577. The Bertz CT molecular complexity index is 1150. The van der Waals surface area contributed by atoms with Gasteiger partial charge in [0.2, 0.25) is 5.69 Å². The lowest BCUT2D eigenvalue weighted by Crippen LogP contribution is -2.38. The summed E-state index contributed by atoms with van der Waals surface area (Å²) in [6.07, 6.45) is 5.13. The van der Waals surface area contributed by atoms with E-state index in [9.17, 15) is 23.7 Å². The summed E-state index contributed by atoms with van der Waals surface area (Å²) in [6.45, 7) is 3.49. The predicted molar refractivity (Wildman–Crippen MR) is 139 cm³/mol. The summed E-state index contributed by atoms with van der Waals surface area (Å²) in [5, 5.41) is 15.5. The molecule has 0 saturated carbocycles. The molecular weight excluding hydrogens is 496 g/mol. The fourth-order valence-corrected chi connectivity index (χ4v) is 4.37. The third-order valence-electron chi connectivity index (χ3n) is 6.45. The highest BCUT2D eigenvalue weighted by molar-refractivity contribution is 5.84. The molecule has 0 aromatic carbocycles. The van der Waals surface area contributed by atoms with Crippen LogP contribution in [-0.2, 0) is 22.4 Å². The first-order chi connectivity index (χ1) is 18.4. The van der Waals surface area contributed by atoms with Crippen molar-refractivity contribution in [3.63, 3.8) is 0 Å². The minimum Gasteiger partial charge on any atom is -0.374 e. The van der Waals surface area contributed by atoms with Gasteiger partial charge in [-0.2, -0.15) is 5.26 Å². The third kappa shape index (κ3) is 9.15. The number of hydrogen-bond donors (Lipinski definition) is 3. The van der Waals surface area contributed by atoms with E-state index >= 15 is 0 Å². The molecule has 38 heavy (non-hydrogen) atoms. The van der Waals surface area contributed by atoms with Crippen molar-refractivity contribution < 1.29 is 22.7 Å². The summed E-state index contributed by atoms with van der Waals surface area (Å²) in [5.41, 5.74) is 2.31. The van der Waals surface area contributed by atoms with E-state index in [1.807, 2.05) is 6.07 Å². The molecule has 3 heterocycles. The van der Waals surface area contributed by atoms with Crippen molar-refractivity contribution in [1.82, 2.24) is 14.9 Å². The number of rotatable bonds is 16. The quantitative estimate of drug-likeness (QED) is 0.222. The highest BCUT2D eigenvalue weighted by atomic mass is 19.3. The van der Waals surface area contributed by atoms with Gasteiger partial charge in [-0.15, -0.1) is 0 Å². The number of halogens is 2. The van der Waals surface area contributed by atoms with Crippen molar-refractivity contribution in [3.05, 3.63) is 46.4 Å². The third-order valence-corrected chi connectivity index (χ3v) is 6.45. The Morgan fingerprint density at radius 1 is 1.32 bits per heavy atom. The first-order valence-corrected chi connectivity index (χ1v) is 13.0. The topological polar surface area (TPSA) is 129 Å². The van der Waals surface area contributed by atoms with Gasteiger partial charge in [0.15, 0.2) is 18.0 Å². The molecule has 1 aliphatic heterocycles. The number of nitriles is 1. The van der Waals surface area contributed by atoms with Gasteiger partial charge >= 0.3 is 5.82 Å². The van der Waals surface area contributed by atoms with E-state index in [-0.39, 0.29) is 23.9 Å². The number of Topliss-reactive ketones (excluding diaryl/α,β-unsaturated/α-hetero) is 1. The van der Waals surface area contributed by atoms with Crippen molar-refractivity contribution in [2.24, 2.45) is 0 Å². The maximum absolute atomic E-state index is 12.5. The van der Waals surface area contributed by atoms with Crippen LogP contribution < -0.4 is 15.1 Å². The van der Waals surface area contributed by atoms with Crippen LogP contribution in [0.4, 0.5) is 20.4 Å². The van der Waals surface area contributed by atoms with Crippen molar-refractivity contribution in [3.8, 4) is 6.07 Å². The normalized spacial score (nSPS) is 13.6. The number of aromatic amines is 1. The van der Waals surface area contributed by atoms with Crippen LogP contribution in [0.5, 0.6) is 0 Å². The maximum Gasteiger partial charge on any atom is 0.354 e. The van der Waals surface area contributed by atoms with E-state index in [2.05, 4.69) is 32.7 Å². The van der Waals surface area contributed by atoms with Gasteiger partial charge in [0.1, 0.15) is 18.5 Å². The summed E-state index contributed by atoms with van der Waals surface area (Å²) in [6, 6.07) is 5.42. The summed E-state index contributed by atoms with van der Waals surface area (Å²) >= 11 is 0. The molecule has 0 saturated heterocycles. The fourth-order valence-electron chi connectivity index (χ4n) is 4.37. The van der Waals surface area contributed by atoms with Crippen LogP contribution in [-0.4, -0.2) is 72.5 Å². The van der Waals surface area contributed by atoms with Crippen LogP contribution in [0.25, 0.3) is 0 Å². The number of hydrogen-bond acceptors (Lipinski definition) is 8. The number of H-pyrrole nitrogens is 1. The number of nitrogens with zero attached hydrogens (tertiary/aromatic N) is 4. The molecule has 2 aromatic heterocycles. The number of carbonyl (C=O) groups is 1. The summed E-state index contributed by atoms with van der Waals surface area (Å²) in [4.78, 5) is 34.0. The molecule has 0 bridgehead atoms. The van der Waals surface area contributed by atoms with Crippen molar-refractivity contribution in [2.75, 3.05) is 50.0 Å². The van der Waals surface area contributed by atoms with Crippen molar-refractivity contribution in [2.45, 2.75) is 57.9 Å². The van der Waals surface area contributed by atoms with E-state index in [4.69, 9.17) is 9.72 Å². The Morgan fingerprint density at radius 2 is 2.16 bits per heavy atom. The molecule has 2 aromatic rings. The molecule has 3 rings (SSSR count). The maximum atomic E-state index is 12.5. The monoisotopic (exact) mass is 532 g/mol. The van der Waals surface area contributed by atoms with Gasteiger partial charge in [0.25, 0.3) is 6.43 Å². The Hall–Kier alpha value is -3.43. The summed E-state index contributed by atoms with van der Waals surface area (Å²) in [7, 11) is 0. The van der Waals surface area contributed by atoms with Crippen LogP contribution in [0.3, 0.4) is 0 Å². The zero-order chi connectivity index (χ0) is 27.3. The number of pyridine rings is 1. The zero-order valence-corrected chi connectivity index (χ0v) is 21.7. The Morgan fingerprint density at radius 3 is 2.92 bits per heavy atom. The van der Waals surface area contributed by atoms with Gasteiger partial charge in [0, 0.05) is 42.4 Å². The average Bonchev–Trinajstić information content (AvgIpc) is 2.90.